The summed E-state index contributed by atoms with van der Waals surface area (Å²) in [5.41, 5.74) is 1.54. The highest BCUT2D eigenvalue weighted by Crippen LogP contribution is 2.21. The third-order valence-electron chi connectivity index (χ3n) is 2.80. The van der Waals surface area contributed by atoms with E-state index in [0.29, 0.717) is 12.4 Å². The molecule has 0 saturated heterocycles. The summed E-state index contributed by atoms with van der Waals surface area (Å²) in [6.45, 7) is 2.68. The molecule has 2 aromatic rings. The number of ether oxygens (including phenoxy) is 1. The van der Waals surface area contributed by atoms with Gasteiger partial charge in [0, 0.05) is 10.6 Å². The maximum Gasteiger partial charge on any atom is 0.335 e. The number of benzene rings is 2. The zero-order valence-electron chi connectivity index (χ0n) is 11.2. The topological polar surface area (TPSA) is 46.5 Å². The van der Waals surface area contributed by atoms with E-state index >= 15 is 0 Å². The zero-order valence-corrected chi connectivity index (χ0v) is 12.0. The van der Waals surface area contributed by atoms with Crippen molar-refractivity contribution in [2.24, 2.45) is 0 Å². The van der Waals surface area contributed by atoms with Crippen LogP contribution in [0.2, 0.25) is 0 Å². The van der Waals surface area contributed by atoms with Crippen LogP contribution in [0.1, 0.15) is 15.9 Å². The molecule has 0 spiro atoms. The first-order valence-electron chi connectivity index (χ1n) is 6.31. The van der Waals surface area contributed by atoms with E-state index in [2.05, 4.69) is 19.1 Å². The molecule has 104 valence electrons. The fourth-order valence-electron chi connectivity index (χ4n) is 1.72. The summed E-state index contributed by atoms with van der Waals surface area (Å²) in [4.78, 5) is 12.0. The van der Waals surface area contributed by atoms with Crippen LogP contribution in [0.3, 0.4) is 0 Å². The summed E-state index contributed by atoms with van der Waals surface area (Å²) in [6, 6.07) is 14.7. The molecule has 2 aromatic carbocycles. The number of aromatic carboxylic acids is 1. The molecule has 0 atom stereocenters. The van der Waals surface area contributed by atoms with Crippen molar-refractivity contribution in [2.75, 3.05) is 12.4 Å². The average molecular weight is 288 g/mol. The van der Waals surface area contributed by atoms with Crippen molar-refractivity contribution in [3.8, 4) is 5.75 Å². The van der Waals surface area contributed by atoms with Gasteiger partial charge in [-0.3, -0.25) is 0 Å². The van der Waals surface area contributed by atoms with Crippen LogP contribution < -0.4 is 4.74 Å². The van der Waals surface area contributed by atoms with Gasteiger partial charge in [-0.05, 0) is 42.8 Å². The molecule has 3 nitrogen and oxygen atoms in total. The van der Waals surface area contributed by atoms with E-state index in [4.69, 9.17) is 9.84 Å². The molecule has 4 heteroatoms. The molecule has 0 aromatic heterocycles. The average Bonchev–Trinajstić information content (AvgIpc) is 2.46. The van der Waals surface area contributed by atoms with Crippen LogP contribution in [-0.2, 0) is 0 Å². The Morgan fingerprint density at radius 3 is 2.50 bits per heavy atom. The smallest absolute Gasteiger partial charge is 0.335 e. The van der Waals surface area contributed by atoms with Crippen LogP contribution in [0.4, 0.5) is 0 Å². The molecule has 0 bridgehead atoms. The van der Waals surface area contributed by atoms with Crippen molar-refractivity contribution < 1.29 is 14.6 Å². The Hall–Kier alpha value is -1.94. The summed E-state index contributed by atoms with van der Waals surface area (Å²) in [6.07, 6.45) is 0. The van der Waals surface area contributed by atoms with Crippen molar-refractivity contribution in [3.63, 3.8) is 0 Å². The van der Waals surface area contributed by atoms with Gasteiger partial charge in [0.25, 0.3) is 0 Å². The van der Waals surface area contributed by atoms with Crippen LogP contribution in [0, 0.1) is 6.92 Å². The molecule has 0 unspecified atom stereocenters. The van der Waals surface area contributed by atoms with Gasteiger partial charge in [-0.15, -0.1) is 11.8 Å². The first-order chi connectivity index (χ1) is 9.66. The van der Waals surface area contributed by atoms with E-state index in [0.717, 1.165) is 5.75 Å². The molecule has 0 heterocycles. The molecular formula is C16H16O3S. The van der Waals surface area contributed by atoms with E-state index in [9.17, 15) is 4.79 Å². The number of carbonyl (C=O) groups is 1. The second-order valence-corrected chi connectivity index (χ2v) is 5.43. The molecule has 0 aliphatic rings. The number of thioether (sulfide) groups is 1. The predicted molar refractivity (Wildman–Crippen MR) is 80.8 cm³/mol. The van der Waals surface area contributed by atoms with Crippen molar-refractivity contribution in [2.45, 2.75) is 11.8 Å². The minimum absolute atomic E-state index is 0.270. The molecular weight excluding hydrogens is 272 g/mol. The summed E-state index contributed by atoms with van der Waals surface area (Å²) < 4.78 is 5.59. The van der Waals surface area contributed by atoms with Crippen molar-refractivity contribution >= 4 is 17.7 Å². The van der Waals surface area contributed by atoms with Gasteiger partial charge in [-0.25, -0.2) is 4.79 Å². The van der Waals surface area contributed by atoms with Crippen LogP contribution in [-0.4, -0.2) is 23.4 Å². The van der Waals surface area contributed by atoms with Gasteiger partial charge in [0.15, 0.2) is 0 Å². The van der Waals surface area contributed by atoms with Gasteiger partial charge in [-0.1, -0.05) is 18.2 Å². The molecule has 2 rings (SSSR count). The Bertz CT molecular complexity index is 579. The number of carboxylic acids is 1. The summed E-state index contributed by atoms with van der Waals surface area (Å²) in [7, 11) is 0. The lowest BCUT2D eigenvalue weighted by Crippen LogP contribution is -2.01. The number of carboxylic acid groups (broad SMARTS) is 1. The van der Waals surface area contributed by atoms with Crippen molar-refractivity contribution in [1.82, 2.24) is 0 Å². The molecule has 20 heavy (non-hydrogen) atoms. The number of aryl methyl sites for hydroxylation is 1. The summed E-state index contributed by atoms with van der Waals surface area (Å²) in [5.74, 6) is 0.623. The minimum Gasteiger partial charge on any atom is -0.493 e. The fraction of sp³-hybridized carbons (Fsp3) is 0.188. The van der Waals surface area contributed by atoms with E-state index < -0.39 is 5.97 Å². The minimum atomic E-state index is -0.924. The molecule has 0 aliphatic heterocycles. The quantitative estimate of drug-likeness (QED) is 0.647. The highest BCUT2D eigenvalue weighted by Gasteiger charge is 2.02. The first-order valence-corrected chi connectivity index (χ1v) is 7.30. The van der Waals surface area contributed by atoms with Crippen molar-refractivity contribution in [1.29, 1.82) is 0 Å². The maximum atomic E-state index is 10.7. The monoisotopic (exact) mass is 288 g/mol. The van der Waals surface area contributed by atoms with Gasteiger partial charge in [0.05, 0.1) is 12.2 Å². The Balaban J connectivity index is 1.79. The third kappa shape index (κ3) is 4.03. The summed E-state index contributed by atoms with van der Waals surface area (Å²) in [5, 5.41) is 8.80. The maximum absolute atomic E-state index is 10.7. The van der Waals surface area contributed by atoms with E-state index in [1.54, 1.807) is 36.0 Å². The highest BCUT2D eigenvalue weighted by molar-refractivity contribution is 7.99. The standard InChI is InChI=1S/C16H16O3S/c1-12-4-2-3-5-15(12)20-11-10-19-14-8-6-13(7-9-14)16(17)18/h2-9H,10-11H2,1H3,(H,17,18). The van der Waals surface area contributed by atoms with Crippen LogP contribution >= 0.6 is 11.8 Å². The first kappa shape index (κ1) is 14.5. The summed E-state index contributed by atoms with van der Waals surface area (Å²) >= 11 is 1.76. The molecule has 0 amide bonds. The van der Waals surface area contributed by atoms with Gasteiger partial charge in [-0.2, -0.15) is 0 Å². The van der Waals surface area contributed by atoms with Gasteiger partial charge < -0.3 is 9.84 Å². The number of hydrogen-bond donors (Lipinski definition) is 1. The predicted octanol–water partition coefficient (Wildman–Crippen LogP) is 3.86. The fourth-order valence-corrected chi connectivity index (χ4v) is 2.58. The molecule has 0 aliphatic carbocycles. The SMILES string of the molecule is Cc1ccccc1SCCOc1ccc(C(=O)O)cc1. The third-order valence-corrected chi connectivity index (χ3v) is 3.94. The van der Waals surface area contributed by atoms with Crippen LogP contribution in [0.25, 0.3) is 0 Å². The second-order valence-electron chi connectivity index (χ2n) is 4.29. The lowest BCUT2D eigenvalue weighted by Gasteiger charge is -2.07. The number of hydrogen-bond acceptors (Lipinski definition) is 3. The Kier molecular flexibility index (Phi) is 5.07. The molecule has 1 N–H and O–H groups in total. The lowest BCUT2D eigenvalue weighted by atomic mass is 10.2. The lowest BCUT2D eigenvalue weighted by molar-refractivity contribution is 0.0697. The normalized spacial score (nSPS) is 10.2. The van der Waals surface area contributed by atoms with Crippen LogP contribution in [0.15, 0.2) is 53.4 Å². The largest absolute Gasteiger partial charge is 0.493 e. The van der Waals surface area contributed by atoms with E-state index in [1.165, 1.54) is 10.5 Å². The van der Waals surface area contributed by atoms with Crippen LogP contribution in [0.5, 0.6) is 5.75 Å². The molecule has 0 saturated carbocycles. The Labute approximate surface area is 122 Å². The molecule has 0 fully saturated rings. The number of rotatable bonds is 6. The Morgan fingerprint density at radius 1 is 1.15 bits per heavy atom. The molecule has 0 radical (unpaired) electrons. The van der Waals surface area contributed by atoms with Gasteiger partial charge in [0.2, 0.25) is 0 Å². The second kappa shape index (κ2) is 7.01. The zero-order chi connectivity index (χ0) is 14.4. The van der Waals surface area contributed by atoms with Gasteiger partial charge in [0.1, 0.15) is 5.75 Å². The van der Waals surface area contributed by atoms with Crippen molar-refractivity contribution in [3.05, 3.63) is 59.7 Å². The van der Waals surface area contributed by atoms with Gasteiger partial charge >= 0.3 is 5.97 Å². The van der Waals surface area contributed by atoms with E-state index in [-0.39, 0.29) is 5.56 Å². The Morgan fingerprint density at radius 2 is 1.85 bits per heavy atom. The van der Waals surface area contributed by atoms with E-state index in [1.807, 2.05) is 12.1 Å². The highest BCUT2D eigenvalue weighted by atomic mass is 32.2.